The Morgan fingerprint density at radius 1 is 2.40 bits per heavy atom. The monoisotopic (exact) mass is 76.1 g/mol. The molecular weight excluding hydrogens is 68.0 g/mol. The molecule has 0 saturated heterocycles. The fourth-order valence-corrected chi connectivity index (χ4v) is 0. The molecule has 0 atom stereocenters. The Kier molecular flexibility index (Phi) is 0.789. The second kappa shape index (κ2) is 1.58. The molecule has 30 valence electrons. The Hall–Kier alpha value is -0.730. The lowest BCUT2D eigenvalue weighted by Gasteiger charge is -1.80. The smallest absolute Gasteiger partial charge is 0.311 e. The second-order valence-corrected chi connectivity index (χ2v) is 0.579. The molecule has 0 aromatic heterocycles. The van der Waals surface area contributed by atoms with Crippen LogP contribution in [0.15, 0.2) is 0 Å². The maximum atomic E-state index is 9.77. The van der Waals surface area contributed by atoms with Crippen LogP contribution in [0, 0.1) is 0 Å². The summed E-state index contributed by atoms with van der Waals surface area (Å²) in [6.07, 6.45) is 0. The maximum absolute atomic E-state index is 9.77. The van der Waals surface area contributed by atoms with Gasteiger partial charge in [0.2, 0.25) is 0 Å². The van der Waals surface area contributed by atoms with Crippen LogP contribution in [0.3, 0.4) is 0 Å². The Morgan fingerprint density at radius 3 is 3.00 bits per heavy atom. The molecule has 0 fully saturated rings. The highest BCUT2D eigenvalue weighted by Crippen LogP contribution is 1.38. The van der Waals surface area contributed by atoms with Crippen LogP contribution in [0.25, 0.3) is 0 Å². The van der Waals surface area contributed by atoms with E-state index >= 15 is 0 Å². The van der Waals surface area contributed by atoms with Gasteiger partial charge in [-0.15, -0.1) is 0 Å². The van der Waals surface area contributed by atoms with Crippen molar-refractivity contribution in [3.63, 3.8) is 0 Å². The van der Waals surface area contributed by atoms with E-state index in [1.54, 1.807) is 5.73 Å². The van der Waals surface area contributed by atoms with Gasteiger partial charge < -0.3 is 11.0 Å². The van der Waals surface area contributed by atoms with Crippen molar-refractivity contribution >= 4 is 6.03 Å². The predicted octanol–water partition coefficient (Wildman–Crippen LogP) is -0.716. The fourth-order valence-electron chi connectivity index (χ4n) is 0. The number of amides is 2. The highest BCUT2D eigenvalue weighted by atomic mass is 16.2. The van der Waals surface area contributed by atoms with E-state index in [-0.39, 0.29) is 0 Å². The standard InChI is InChI=1S/C2H6N2O/c1-4-2(3)5/h1H3,(H3,3,4,5)/i/hT. The van der Waals surface area contributed by atoms with Crippen molar-refractivity contribution in [1.29, 1.82) is 0 Å². The van der Waals surface area contributed by atoms with Crippen LogP contribution in [0.1, 0.15) is 0 Å². The highest BCUT2D eigenvalue weighted by Gasteiger charge is 1.72. The molecule has 0 spiro atoms. The molecule has 3 nitrogen and oxygen atoms in total. The summed E-state index contributed by atoms with van der Waals surface area (Å²) in [5.74, 6) is 0. The van der Waals surface area contributed by atoms with Crippen LogP contribution in [-0.4, -0.2) is 13.1 Å². The summed E-state index contributed by atoms with van der Waals surface area (Å²) in [4.78, 5) is 9.77. The summed E-state index contributed by atoms with van der Waals surface area (Å²) >= 11 is 0. The maximum Gasteiger partial charge on any atom is 0.311 e. The summed E-state index contributed by atoms with van der Waals surface area (Å²) in [5.41, 5.74) is 1.61. The van der Waals surface area contributed by atoms with E-state index in [0.29, 0.717) is 0 Å². The first-order valence-electron chi connectivity index (χ1n) is 1.70. The Morgan fingerprint density at radius 2 is 3.00 bits per heavy atom. The third-order valence-corrected chi connectivity index (χ3v) is 0.227. The van der Waals surface area contributed by atoms with Crippen LogP contribution in [0.5, 0.6) is 0 Å². The van der Waals surface area contributed by atoms with E-state index in [0.717, 1.165) is 0 Å². The topological polar surface area (TPSA) is 55.1 Å². The molecule has 0 aromatic carbocycles. The second-order valence-electron chi connectivity index (χ2n) is 0.579. The van der Waals surface area contributed by atoms with Crippen LogP contribution >= 0.6 is 0 Å². The van der Waals surface area contributed by atoms with Crippen molar-refractivity contribution in [2.45, 2.75) is 0 Å². The number of hydrogen-bond acceptors (Lipinski definition) is 1. The minimum atomic E-state index is -0.491. The molecule has 0 bridgehead atoms. The van der Waals surface area contributed by atoms with Crippen LogP contribution in [-0.2, 0) is 0 Å². The molecule has 2 amide bonds. The lowest BCUT2D eigenvalue weighted by atomic mass is 11.1. The van der Waals surface area contributed by atoms with Gasteiger partial charge in [-0.25, -0.2) is 4.79 Å². The summed E-state index contributed by atoms with van der Waals surface area (Å²) in [5, 5.41) is 2.18. The molecule has 0 saturated carbocycles. The molecule has 0 unspecified atom stereocenters. The first-order valence-corrected chi connectivity index (χ1v) is 1.20. The first-order chi connectivity index (χ1) is 2.81. The zero-order chi connectivity index (χ0) is 4.99. The number of primary amides is 1. The highest BCUT2D eigenvalue weighted by molar-refractivity contribution is 5.71. The van der Waals surface area contributed by atoms with Gasteiger partial charge in [0.25, 0.3) is 0 Å². The minimum Gasteiger partial charge on any atom is -0.352 e. The summed E-state index contributed by atoms with van der Waals surface area (Å²) in [6.45, 7) is 0. The molecular formula is C2H6N2O. The lowest BCUT2D eigenvalue weighted by Crippen LogP contribution is -2.24. The van der Waals surface area contributed by atoms with E-state index in [1.165, 1.54) is 7.05 Å². The zero-order valence-corrected chi connectivity index (χ0v) is 2.91. The van der Waals surface area contributed by atoms with Gasteiger partial charge in [0.1, 0.15) is 0 Å². The van der Waals surface area contributed by atoms with Crippen molar-refractivity contribution < 1.29 is 6.21 Å². The normalized spacial score (nSPS) is 8.60. The van der Waals surface area contributed by atoms with Crippen LogP contribution in [0.2, 0.25) is 1.41 Å². The van der Waals surface area contributed by atoms with Gasteiger partial charge in [0.15, 0.2) is 1.41 Å². The zero-order valence-electron chi connectivity index (χ0n) is 3.91. The fraction of sp³-hybridized carbons (Fsp3) is 0.500. The molecule has 3 heteroatoms. The van der Waals surface area contributed by atoms with Gasteiger partial charge in [-0.05, 0) is 0 Å². The lowest BCUT2D eigenvalue weighted by molar-refractivity contribution is 0.251. The molecule has 0 heterocycles. The minimum absolute atomic E-state index is 0.491. The number of nitrogens with two attached hydrogens (primary N) is 1. The van der Waals surface area contributed by atoms with E-state index in [4.69, 9.17) is 1.41 Å². The van der Waals surface area contributed by atoms with E-state index in [9.17, 15) is 4.79 Å². The van der Waals surface area contributed by atoms with Gasteiger partial charge in [-0.3, -0.25) is 0 Å². The SMILES string of the molecule is [3H]NC(=O)NC. The van der Waals surface area contributed by atoms with Gasteiger partial charge >= 0.3 is 6.03 Å². The van der Waals surface area contributed by atoms with Crippen molar-refractivity contribution in [3.8, 4) is 0 Å². The number of carbonyl (C=O) groups excluding carboxylic acids is 1. The summed E-state index contributed by atoms with van der Waals surface area (Å²) in [6, 6.07) is -0.491. The predicted molar refractivity (Wildman–Crippen MR) is 18.6 cm³/mol. The van der Waals surface area contributed by atoms with Crippen molar-refractivity contribution in [2.75, 3.05) is 7.05 Å². The van der Waals surface area contributed by atoms with Crippen LogP contribution in [0.4, 0.5) is 4.79 Å². The van der Waals surface area contributed by atoms with E-state index in [2.05, 4.69) is 5.32 Å². The average Bonchev–Trinajstić information content (AvgIpc) is 1.65. The third kappa shape index (κ3) is 3.27. The van der Waals surface area contributed by atoms with Crippen molar-refractivity contribution in [3.05, 3.63) is 0 Å². The Bertz CT molecular complexity index is 49.5. The van der Waals surface area contributed by atoms with E-state index in [1.807, 2.05) is 0 Å². The summed E-state index contributed by atoms with van der Waals surface area (Å²) in [7, 11) is 1.45. The first kappa shape index (κ1) is 2.50. The van der Waals surface area contributed by atoms with Gasteiger partial charge in [0, 0.05) is 7.05 Å². The van der Waals surface area contributed by atoms with E-state index < -0.39 is 6.03 Å². The van der Waals surface area contributed by atoms with Gasteiger partial charge in [-0.2, -0.15) is 0 Å². The molecule has 0 aliphatic carbocycles. The Labute approximate surface area is 31.6 Å². The van der Waals surface area contributed by atoms with Crippen molar-refractivity contribution in [2.24, 2.45) is 5.73 Å². The number of hydrogen-bond donors (Lipinski definition) is 2. The molecule has 3 N–H and O–H groups in total. The van der Waals surface area contributed by atoms with Crippen LogP contribution < -0.4 is 11.0 Å². The molecule has 5 heavy (non-hydrogen) atoms. The number of rotatable bonds is 0. The van der Waals surface area contributed by atoms with Crippen molar-refractivity contribution in [1.82, 2.24) is 5.32 Å². The average molecular weight is 76.1 g/mol. The molecule has 0 aliphatic rings. The summed E-state index contributed by atoms with van der Waals surface area (Å²) < 4.78 is 6.15. The molecule has 0 radical (unpaired) electrons. The molecule has 0 aliphatic heterocycles. The van der Waals surface area contributed by atoms with Gasteiger partial charge in [-0.1, -0.05) is 0 Å². The van der Waals surface area contributed by atoms with Gasteiger partial charge in [0.05, 0.1) is 0 Å². The number of carbonyl (C=O) groups is 1. The molecule has 0 aromatic rings. The molecule has 0 rings (SSSR count). The number of nitrogens with one attached hydrogen (secondary N) is 1. The quantitative estimate of drug-likeness (QED) is 0.393. The third-order valence-electron chi connectivity index (χ3n) is 0.227. The Balaban J connectivity index is 2.99. The number of urea groups is 1. The largest absolute Gasteiger partial charge is 0.352 e.